The van der Waals surface area contributed by atoms with Gasteiger partial charge in [0.25, 0.3) is 0 Å². The molecule has 0 fully saturated rings. The predicted molar refractivity (Wildman–Crippen MR) is 55.9 cm³/mol. The first-order chi connectivity index (χ1) is 6.48. The molecule has 0 amide bonds. The smallest absolute Gasteiger partial charge is 0.126 e. The second kappa shape index (κ2) is 2.91. The second-order valence-corrected chi connectivity index (χ2v) is 4.61. The van der Waals surface area contributed by atoms with Gasteiger partial charge in [-0.1, -0.05) is 0 Å². The molecule has 2 rings (SSSR count). The van der Waals surface area contributed by atoms with Crippen LogP contribution < -0.4 is 4.74 Å². The number of phenols is 1. The van der Waals surface area contributed by atoms with E-state index in [0.717, 1.165) is 29.7 Å². The van der Waals surface area contributed by atoms with Crippen LogP contribution in [0.4, 0.5) is 0 Å². The van der Waals surface area contributed by atoms with Crippen molar-refractivity contribution in [2.24, 2.45) is 0 Å². The maximum atomic E-state index is 9.44. The SMILES string of the molecule is Cc1cc(O)cc2c1OC(C)(C)CC2. The van der Waals surface area contributed by atoms with Gasteiger partial charge in [0, 0.05) is 0 Å². The lowest BCUT2D eigenvalue weighted by Gasteiger charge is -2.33. The minimum atomic E-state index is -0.0747. The molecule has 0 bridgehead atoms. The third kappa shape index (κ3) is 1.57. The number of benzene rings is 1. The Hall–Kier alpha value is -1.18. The lowest BCUT2D eigenvalue weighted by molar-refractivity contribution is 0.0835. The highest BCUT2D eigenvalue weighted by atomic mass is 16.5. The molecule has 76 valence electrons. The second-order valence-electron chi connectivity index (χ2n) is 4.61. The largest absolute Gasteiger partial charge is 0.508 e. The summed E-state index contributed by atoms with van der Waals surface area (Å²) in [7, 11) is 0. The van der Waals surface area contributed by atoms with Crippen LogP contribution in [0.25, 0.3) is 0 Å². The molecular formula is C12H16O2. The Morgan fingerprint density at radius 3 is 2.79 bits per heavy atom. The fraction of sp³-hybridized carbons (Fsp3) is 0.500. The summed E-state index contributed by atoms with van der Waals surface area (Å²) in [5.41, 5.74) is 2.07. The van der Waals surface area contributed by atoms with Gasteiger partial charge in [-0.05, 0) is 56.9 Å². The molecule has 1 aromatic carbocycles. The van der Waals surface area contributed by atoms with Crippen LogP contribution in [0.5, 0.6) is 11.5 Å². The zero-order valence-electron chi connectivity index (χ0n) is 8.92. The minimum Gasteiger partial charge on any atom is -0.508 e. The first-order valence-corrected chi connectivity index (χ1v) is 4.99. The van der Waals surface area contributed by atoms with E-state index in [0.29, 0.717) is 5.75 Å². The normalized spacial score (nSPS) is 18.5. The Balaban J connectivity index is 2.47. The molecule has 1 aromatic rings. The van der Waals surface area contributed by atoms with Crippen molar-refractivity contribution in [3.05, 3.63) is 23.3 Å². The zero-order valence-corrected chi connectivity index (χ0v) is 8.92. The summed E-state index contributed by atoms with van der Waals surface area (Å²) in [6.07, 6.45) is 1.99. The Kier molecular flexibility index (Phi) is 1.95. The number of phenolic OH excluding ortho intramolecular Hbond substituents is 1. The van der Waals surface area contributed by atoms with E-state index in [1.54, 1.807) is 12.1 Å². The van der Waals surface area contributed by atoms with Crippen molar-refractivity contribution < 1.29 is 9.84 Å². The Labute approximate surface area is 84.5 Å². The van der Waals surface area contributed by atoms with Crippen LogP contribution >= 0.6 is 0 Å². The van der Waals surface area contributed by atoms with E-state index >= 15 is 0 Å². The maximum Gasteiger partial charge on any atom is 0.126 e. The molecule has 0 radical (unpaired) electrons. The van der Waals surface area contributed by atoms with E-state index in [1.165, 1.54) is 0 Å². The highest BCUT2D eigenvalue weighted by Crippen LogP contribution is 2.37. The van der Waals surface area contributed by atoms with Crippen molar-refractivity contribution in [3.63, 3.8) is 0 Å². The van der Waals surface area contributed by atoms with E-state index in [-0.39, 0.29) is 5.60 Å². The van der Waals surface area contributed by atoms with Gasteiger partial charge in [0.15, 0.2) is 0 Å². The standard InChI is InChI=1S/C12H16O2/c1-8-6-10(13)7-9-4-5-12(2,3)14-11(8)9/h6-7,13H,4-5H2,1-3H3. The van der Waals surface area contributed by atoms with E-state index in [9.17, 15) is 5.11 Å². The number of ether oxygens (including phenoxy) is 1. The van der Waals surface area contributed by atoms with Crippen LogP contribution in [0.15, 0.2) is 12.1 Å². The van der Waals surface area contributed by atoms with Gasteiger partial charge in [-0.2, -0.15) is 0 Å². The molecule has 0 aromatic heterocycles. The van der Waals surface area contributed by atoms with Crippen molar-refractivity contribution >= 4 is 0 Å². The van der Waals surface area contributed by atoms with Crippen molar-refractivity contribution in [2.75, 3.05) is 0 Å². The van der Waals surface area contributed by atoms with Crippen LogP contribution in [0.2, 0.25) is 0 Å². The molecule has 0 aliphatic carbocycles. The summed E-state index contributed by atoms with van der Waals surface area (Å²) >= 11 is 0. The molecule has 0 spiro atoms. The van der Waals surface area contributed by atoms with Crippen LogP contribution in [0.1, 0.15) is 31.4 Å². The average molecular weight is 192 g/mol. The molecule has 1 heterocycles. The topological polar surface area (TPSA) is 29.5 Å². The summed E-state index contributed by atoms with van der Waals surface area (Å²) in [5, 5.41) is 9.44. The number of hydrogen-bond acceptors (Lipinski definition) is 2. The van der Waals surface area contributed by atoms with Gasteiger partial charge < -0.3 is 9.84 Å². The third-order valence-electron chi connectivity index (χ3n) is 2.71. The molecule has 14 heavy (non-hydrogen) atoms. The molecule has 0 unspecified atom stereocenters. The summed E-state index contributed by atoms with van der Waals surface area (Å²) in [6.45, 7) is 6.17. The van der Waals surface area contributed by atoms with Gasteiger partial charge in [-0.3, -0.25) is 0 Å². The highest BCUT2D eigenvalue weighted by molar-refractivity contribution is 5.47. The van der Waals surface area contributed by atoms with Crippen molar-refractivity contribution in [1.82, 2.24) is 0 Å². The fourth-order valence-corrected chi connectivity index (χ4v) is 1.92. The molecule has 2 heteroatoms. The van der Waals surface area contributed by atoms with Gasteiger partial charge in [0.05, 0.1) is 0 Å². The van der Waals surface area contributed by atoms with Crippen molar-refractivity contribution in [3.8, 4) is 11.5 Å². The average Bonchev–Trinajstić information content (AvgIpc) is 2.06. The molecule has 1 aliphatic rings. The summed E-state index contributed by atoms with van der Waals surface area (Å²) < 4.78 is 5.89. The predicted octanol–water partition coefficient (Wildman–Crippen LogP) is 2.80. The molecule has 2 nitrogen and oxygen atoms in total. The van der Waals surface area contributed by atoms with Crippen LogP contribution in [-0.4, -0.2) is 10.7 Å². The Morgan fingerprint density at radius 2 is 2.07 bits per heavy atom. The van der Waals surface area contributed by atoms with E-state index < -0.39 is 0 Å². The van der Waals surface area contributed by atoms with E-state index in [1.807, 2.05) is 6.92 Å². The lowest BCUT2D eigenvalue weighted by atomic mass is 9.93. The summed E-state index contributed by atoms with van der Waals surface area (Å²) in [5.74, 6) is 1.30. The number of fused-ring (bicyclic) bond motifs is 1. The van der Waals surface area contributed by atoms with E-state index in [4.69, 9.17) is 4.74 Å². The summed E-state index contributed by atoms with van der Waals surface area (Å²) in [4.78, 5) is 0. The van der Waals surface area contributed by atoms with Gasteiger partial charge in [0.1, 0.15) is 17.1 Å². The van der Waals surface area contributed by atoms with Crippen molar-refractivity contribution in [1.29, 1.82) is 0 Å². The number of hydrogen-bond donors (Lipinski definition) is 1. The minimum absolute atomic E-state index is 0.0747. The molecule has 1 aliphatic heterocycles. The van der Waals surface area contributed by atoms with Gasteiger partial charge in [0.2, 0.25) is 0 Å². The summed E-state index contributed by atoms with van der Waals surface area (Å²) in [6, 6.07) is 3.55. The monoisotopic (exact) mass is 192 g/mol. The van der Waals surface area contributed by atoms with E-state index in [2.05, 4.69) is 13.8 Å². The van der Waals surface area contributed by atoms with Crippen molar-refractivity contribution in [2.45, 2.75) is 39.2 Å². The Morgan fingerprint density at radius 1 is 1.36 bits per heavy atom. The quantitative estimate of drug-likeness (QED) is 0.685. The number of aryl methyl sites for hydroxylation is 2. The lowest BCUT2D eigenvalue weighted by Crippen LogP contribution is -2.32. The zero-order chi connectivity index (χ0) is 10.3. The van der Waals surface area contributed by atoms with Crippen LogP contribution in [-0.2, 0) is 6.42 Å². The molecule has 0 saturated heterocycles. The van der Waals surface area contributed by atoms with Crippen LogP contribution in [0, 0.1) is 6.92 Å². The molecule has 1 N–H and O–H groups in total. The number of aromatic hydroxyl groups is 1. The van der Waals surface area contributed by atoms with Crippen LogP contribution in [0.3, 0.4) is 0 Å². The first-order valence-electron chi connectivity index (χ1n) is 4.99. The molecular weight excluding hydrogens is 176 g/mol. The van der Waals surface area contributed by atoms with Gasteiger partial charge in [-0.25, -0.2) is 0 Å². The van der Waals surface area contributed by atoms with Gasteiger partial charge in [-0.15, -0.1) is 0 Å². The molecule has 0 saturated carbocycles. The highest BCUT2D eigenvalue weighted by Gasteiger charge is 2.27. The Bertz CT molecular complexity index is 367. The third-order valence-corrected chi connectivity index (χ3v) is 2.71. The fourth-order valence-electron chi connectivity index (χ4n) is 1.92. The van der Waals surface area contributed by atoms with Gasteiger partial charge >= 0.3 is 0 Å². The molecule has 0 atom stereocenters. The maximum absolute atomic E-state index is 9.44. The number of rotatable bonds is 0. The first kappa shape index (κ1) is 9.38.